The molecule has 1 aliphatic rings. The second kappa shape index (κ2) is 8.55. The van der Waals surface area contributed by atoms with Crippen LogP contribution in [0.2, 0.25) is 0 Å². The number of anilines is 1. The van der Waals surface area contributed by atoms with Crippen molar-refractivity contribution in [3.63, 3.8) is 0 Å². The number of esters is 1. The van der Waals surface area contributed by atoms with Crippen molar-refractivity contribution in [2.75, 3.05) is 46.4 Å². The van der Waals surface area contributed by atoms with Gasteiger partial charge >= 0.3 is 5.97 Å². The van der Waals surface area contributed by atoms with E-state index in [1.807, 2.05) is 0 Å². The van der Waals surface area contributed by atoms with E-state index < -0.39 is 5.92 Å². The van der Waals surface area contributed by atoms with Crippen LogP contribution in [0.1, 0.15) is 12.8 Å². The van der Waals surface area contributed by atoms with Crippen molar-refractivity contribution < 1.29 is 28.6 Å². The highest BCUT2D eigenvalue weighted by atomic mass is 16.5. The molecule has 1 unspecified atom stereocenters. The van der Waals surface area contributed by atoms with E-state index in [0.29, 0.717) is 17.2 Å². The van der Waals surface area contributed by atoms with E-state index in [4.69, 9.17) is 9.47 Å². The van der Waals surface area contributed by atoms with Gasteiger partial charge in [0.1, 0.15) is 11.5 Å². The molecule has 8 nitrogen and oxygen atoms in total. The lowest BCUT2D eigenvalue weighted by atomic mass is 10.1. The first-order valence-electron chi connectivity index (χ1n) is 8.25. The SMILES string of the molecule is COC(=O)CCN(C)C(=O)C1CC(=O)N(c2cc(OC)ccc2OC)C1. The van der Waals surface area contributed by atoms with Crippen molar-refractivity contribution in [1.82, 2.24) is 4.90 Å². The van der Waals surface area contributed by atoms with Crippen molar-refractivity contribution in [2.45, 2.75) is 12.8 Å². The predicted octanol–water partition coefficient (Wildman–Crippen LogP) is 1.08. The van der Waals surface area contributed by atoms with Crippen molar-refractivity contribution >= 4 is 23.5 Å². The third-order valence-electron chi connectivity index (χ3n) is 4.41. The van der Waals surface area contributed by atoms with Gasteiger partial charge in [-0.25, -0.2) is 0 Å². The number of amides is 2. The maximum absolute atomic E-state index is 12.6. The Bertz CT molecular complexity index is 690. The van der Waals surface area contributed by atoms with Gasteiger partial charge < -0.3 is 24.0 Å². The Morgan fingerprint density at radius 3 is 2.58 bits per heavy atom. The fourth-order valence-electron chi connectivity index (χ4n) is 2.90. The van der Waals surface area contributed by atoms with Crippen LogP contribution in [-0.2, 0) is 19.1 Å². The number of hydrogen-bond donors (Lipinski definition) is 0. The number of rotatable bonds is 7. The lowest BCUT2D eigenvalue weighted by molar-refractivity contribution is -0.142. The van der Waals surface area contributed by atoms with Crippen LogP contribution in [0.5, 0.6) is 11.5 Å². The molecular weight excluding hydrogens is 340 g/mol. The maximum atomic E-state index is 12.6. The molecule has 1 aliphatic heterocycles. The fourth-order valence-corrected chi connectivity index (χ4v) is 2.90. The van der Waals surface area contributed by atoms with E-state index in [1.54, 1.807) is 32.4 Å². The number of benzene rings is 1. The van der Waals surface area contributed by atoms with Gasteiger partial charge in [-0.3, -0.25) is 14.4 Å². The van der Waals surface area contributed by atoms with Crippen LogP contribution in [0.4, 0.5) is 5.69 Å². The largest absolute Gasteiger partial charge is 0.497 e. The number of nitrogens with zero attached hydrogens (tertiary/aromatic N) is 2. The van der Waals surface area contributed by atoms with E-state index >= 15 is 0 Å². The number of ether oxygens (including phenoxy) is 3. The van der Waals surface area contributed by atoms with Gasteiger partial charge in [-0.15, -0.1) is 0 Å². The first kappa shape index (κ1) is 19.6. The van der Waals surface area contributed by atoms with Crippen LogP contribution >= 0.6 is 0 Å². The van der Waals surface area contributed by atoms with Crippen LogP contribution in [0.25, 0.3) is 0 Å². The first-order chi connectivity index (χ1) is 12.4. The zero-order valence-corrected chi connectivity index (χ0v) is 15.5. The molecule has 0 aromatic heterocycles. The molecule has 1 saturated heterocycles. The Balaban J connectivity index is 2.11. The van der Waals surface area contributed by atoms with Crippen LogP contribution in [0.15, 0.2) is 18.2 Å². The molecule has 2 rings (SSSR count). The third-order valence-corrected chi connectivity index (χ3v) is 4.41. The normalized spacial score (nSPS) is 16.4. The zero-order chi connectivity index (χ0) is 19.3. The molecule has 0 bridgehead atoms. The minimum Gasteiger partial charge on any atom is -0.497 e. The summed E-state index contributed by atoms with van der Waals surface area (Å²) in [5, 5.41) is 0. The Morgan fingerprint density at radius 2 is 1.96 bits per heavy atom. The second-order valence-electron chi connectivity index (χ2n) is 6.03. The highest BCUT2D eigenvalue weighted by Gasteiger charge is 2.37. The van der Waals surface area contributed by atoms with Gasteiger partial charge in [0.15, 0.2) is 0 Å². The molecule has 1 aromatic rings. The van der Waals surface area contributed by atoms with Gasteiger partial charge in [-0.1, -0.05) is 0 Å². The van der Waals surface area contributed by atoms with Crippen molar-refractivity contribution in [3.05, 3.63) is 18.2 Å². The molecule has 2 amide bonds. The van der Waals surface area contributed by atoms with Crippen LogP contribution in [-0.4, -0.2) is 64.2 Å². The molecule has 142 valence electrons. The highest BCUT2D eigenvalue weighted by molar-refractivity contribution is 6.01. The molecule has 1 atom stereocenters. The topological polar surface area (TPSA) is 85.4 Å². The minimum atomic E-state index is -0.471. The van der Waals surface area contributed by atoms with Crippen molar-refractivity contribution in [2.24, 2.45) is 5.92 Å². The number of hydrogen-bond acceptors (Lipinski definition) is 6. The van der Waals surface area contributed by atoms with Gasteiger partial charge in [0.25, 0.3) is 0 Å². The average Bonchev–Trinajstić information content (AvgIpc) is 3.05. The minimum absolute atomic E-state index is 0.113. The predicted molar refractivity (Wildman–Crippen MR) is 94.3 cm³/mol. The highest BCUT2D eigenvalue weighted by Crippen LogP contribution is 2.36. The fraction of sp³-hybridized carbons (Fsp3) is 0.500. The van der Waals surface area contributed by atoms with Gasteiger partial charge in [-0.05, 0) is 12.1 Å². The van der Waals surface area contributed by atoms with E-state index in [9.17, 15) is 14.4 Å². The van der Waals surface area contributed by atoms with Crippen LogP contribution in [0, 0.1) is 5.92 Å². The van der Waals surface area contributed by atoms with Gasteiger partial charge in [0.05, 0.1) is 39.4 Å². The summed E-state index contributed by atoms with van der Waals surface area (Å²) in [5.41, 5.74) is 0.573. The molecule has 0 saturated carbocycles. The summed E-state index contributed by atoms with van der Waals surface area (Å²) in [6.45, 7) is 0.502. The summed E-state index contributed by atoms with van der Waals surface area (Å²) >= 11 is 0. The monoisotopic (exact) mass is 364 g/mol. The molecular formula is C18H24N2O6. The molecule has 0 spiro atoms. The smallest absolute Gasteiger partial charge is 0.307 e. The molecule has 1 fully saturated rings. The maximum Gasteiger partial charge on any atom is 0.307 e. The van der Waals surface area contributed by atoms with E-state index in [0.717, 1.165) is 0 Å². The Labute approximate surface area is 152 Å². The van der Waals surface area contributed by atoms with E-state index in [2.05, 4.69) is 4.74 Å². The van der Waals surface area contributed by atoms with E-state index in [-0.39, 0.29) is 43.7 Å². The Kier molecular flexibility index (Phi) is 6.43. The second-order valence-corrected chi connectivity index (χ2v) is 6.03. The molecule has 8 heteroatoms. The quantitative estimate of drug-likeness (QED) is 0.673. The first-order valence-corrected chi connectivity index (χ1v) is 8.25. The molecule has 0 aliphatic carbocycles. The van der Waals surface area contributed by atoms with Crippen molar-refractivity contribution in [3.8, 4) is 11.5 Å². The number of methoxy groups -OCH3 is 3. The molecule has 0 N–H and O–H groups in total. The lowest BCUT2D eigenvalue weighted by Gasteiger charge is -2.22. The molecule has 26 heavy (non-hydrogen) atoms. The standard InChI is InChI=1S/C18H24N2O6/c1-19(8-7-17(22)26-4)18(23)12-9-16(21)20(11-12)14-10-13(24-2)5-6-15(14)25-3/h5-6,10,12H,7-9,11H2,1-4H3. The summed E-state index contributed by atoms with van der Waals surface area (Å²) in [6, 6.07) is 5.18. The molecule has 0 radical (unpaired) electrons. The molecule has 1 heterocycles. The third kappa shape index (κ3) is 4.25. The Morgan fingerprint density at radius 1 is 1.23 bits per heavy atom. The lowest BCUT2D eigenvalue weighted by Crippen LogP contribution is -2.36. The zero-order valence-electron chi connectivity index (χ0n) is 15.5. The summed E-state index contributed by atoms with van der Waals surface area (Å²) in [7, 11) is 5.98. The number of carbonyl (C=O) groups is 3. The summed E-state index contributed by atoms with van der Waals surface area (Å²) < 4.78 is 15.1. The summed E-state index contributed by atoms with van der Waals surface area (Å²) in [6.07, 6.45) is 0.231. The van der Waals surface area contributed by atoms with Crippen LogP contribution < -0.4 is 14.4 Å². The van der Waals surface area contributed by atoms with Gasteiger partial charge in [0.2, 0.25) is 11.8 Å². The average molecular weight is 364 g/mol. The van der Waals surface area contributed by atoms with Crippen molar-refractivity contribution in [1.29, 1.82) is 0 Å². The Hall–Kier alpha value is -2.77. The van der Waals surface area contributed by atoms with E-state index in [1.165, 1.54) is 24.0 Å². The summed E-state index contributed by atoms with van der Waals surface area (Å²) in [4.78, 5) is 39.3. The van der Waals surface area contributed by atoms with Gasteiger partial charge in [-0.2, -0.15) is 0 Å². The van der Waals surface area contributed by atoms with Gasteiger partial charge in [0, 0.05) is 32.6 Å². The van der Waals surface area contributed by atoms with Crippen LogP contribution in [0.3, 0.4) is 0 Å². The molecule has 1 aromatic carbocycles. The summed E-state index contributed by atoms with van der Waals surface area (Å²) in [5.74, 6) is -0.0521. The number of carbonyl (C=O) groups excluding carboxylic acids is 3.